The maximum atomic E-state index is 13.8. The van der Waals surface area contributed by atoms with Gasteiger partial charge < -0.3 is 35.0 Å². The highest BCUT2D eigenvalue weighted by atomic mass is 16.7. The van der Waals surface area contributed by atoms with Crippen LogP contribution < -0.4 is 10.6 Å². The lowest BCUT2D eigenvalue weighted by Gasteiger charge is -2.37. The van der Waals surface area contributed by atoms with Crippen LogP contribution in [0.2, 0.25) is 0 Å². The molecule has 4 amide bonds. The van der Waals surface area contributed by atoms with Crippen LogP contribution in [0.5, 0.6) is 0 Å². The van der Waals surface area contributed by atoms with E-state index in [1.165, 1.54) is 19.3 Å². The predicted octanol–water partition coefficient (Wildman–Crippen LogP) is 6.69. The third-order valence-electron chi connectivity index (χ3n) is 11.5. The number of alkyl carbamates (subject to hydrolysis) is 2. The second-order valence-corrected chi connectivity index (χ2v) is 15.9. The van der Waals surface area contributed by atoms with Crippen LogP contribution >= 0.6 is 0 Å². The Balaban J connectivity index is 1.02. The molecule has 2 saturated heterocycles. The van der Waals surface area contributed by atoms with E-state index in [2.05, 4.69) is 49.9 Å². The van der Waals surface area contributed by atoms with Crippen molar-refractivity contribution >= 4 is 24.0 Å². The van der Waals surface area contributed by atoms with Gasteiger partial charge in [-0.05, 0) is 66.2 Å². The molecule has 2 aromatic carbocycles. The number of hydroxylamine groups is 2. The molecule has 3 fully saturated rings. The number of H-pyrrole nitrogens is 2. The van der Waals surface area contributed by atoms with Crippen molar-refractivity contribution in [3.63, 3.8) is 0 Å². The Bertz CT molecular complexity index is 2070. The molecule has 1 aliphatic carbocycles. The van der Waals surface area contributed by atoms with E-state index in [-0.39, 0.29) is 29.7 Å². The Morgan fingerprint density at radius 2 is 1.19 bits per heavy atom. The number of ether oxygens (including phenoxy) is 2. The highest BCUT2D eigenvalue weighted by Gasteiger charge is 2.54. The summed E-state index contributed by atoms with van der Waals surface area (Å²) in [5.74, 6) is 0.581. The highest BCUT2D eigenvalue weighted by molar-refractivity contribution is 5.87. The Morgan fingerprint density at radius 3 is 1.65 bits per heavy atom. The summed E-state index contributed by atoms with van der Waals surface area (Å²) in [6.45, 7) is 8.13. The van der Waals surface area contributed by atoms with Gasteiger partial charge in [0.25, 0.3) is 5.91 Å². The zero-order chi connectivity index (χ0) is 40.4. The van der Waals surface area contributed by atoms with Gasteiger partial charge in [0.1, 0.15) is 29.8 Å². The molecular formula is C42H52N8O7. The van der Waals surface area contributed by atoms with Crippen LogP contribution in [-0.4, -0.2) is 92.3 Å². The molecule has 0 radical (unpaired) electrons. The van der Waals surface area contributed by atoms with Gasteiger partial charge in [0.05, 0.1) is 49.6 Å². The number of likely N-dealkylation sites (tertiary alicyclic amines) is 1. The molecule has 0 bridgehead atoms. The molecule has 4 atom stereocenters. The van der Waals surface area contributed by atoms with E-state index in [1.54, 1.807) is 17.3 Å². The van der Waals surface area contributed by atoms with Gasteiger partial charge in [-0.2, -0.15) is 0 Å². The number of aromatic nitrogens is 4. The predicted molar refractivity (Wildman–Crippen MR) is 211 cm³/mol. The van der Waals surface area contributed by atoms with Gasteiger partial charge in [0.15, 0.2) is 0 Å². The first-order valence-corrected chi connectivity index (χ1v) is 19.7. The molecule has 4 heterocycles. The Morgan fingerprint density at radius 1 is 0.719 bits per heavy atom. The average Bonchev–Trinajstić information content (AvgIpc) is 4.04. The van der Waals surface area contributed by atoms with Crippen molar-refractivity contribution < 1.29 is 33.5 Å². The molecule has 2 aliphatic heterocycles. The number of amides is 4. The van der Waals surface area contributed by atoms with Crippen molar-refractivity contribution in [3.8, 4) is 33.6 Å². The van der Waals surface area contributed by atoms with Gasteiger partial charge in [-0.1, -0.05) is 76.2 Å². The van der Waals surface area contributed by atoms with Crippen LogP contribution in [0.15, 0.2) is 60.9 Å². The number of benzene rings is 2. The van der Waals surface area contributed by atoms with Crippen molar-refractivity contribution in [2.45, 2.75) is 96.0 Å². The molecule has 4 N–H and O–H groups in total. The molecule has 1 saturated carbocycles. The highest BCUT2D eigenvalue weighted by Crippen LogP contribution is 2.50. The summed E-state index contributed by atoms with van der Waals surface area (Å²) < 4.78 is 9.54. The van der Waals surface area contributed by atoms with E-state index in [0.717, 1.165) is 71.6 Å². The summed E-state index contributed by atoms with van der Waals surface area (Å²) in [5.41, 5.74) is 5.27. The first-order valence-electron chi connectivity index (χ1n) is 19.7. The molecular weight excluding hydrogens is 729 g/mol. The molecule has 7 rings (SSSR count). The summed E-state index contributed by atoms with van der Waals surface area (Å²) >= 11 is 0. The van der Waals surface area contributed by atoms with Crippen molar-refractivity contribution in [1.29, 1.82) is 0 Å². The summed E-state index contributed by atoms with van der Waals surface area (Å²) in [4.78, 5) is 75.8. The molecule has 3 aliphatic rings. The van der Waals surface area contributed by atoms with Gasteiger partial charge in [0, 0.05) is 13.0 Å². The number of carbonyl (C=O) groups excluding carboxylic acids is 4. The minimum absolute atomic E-state index is 0.109. The minimum atomic E-state index is -0.815. The number of carbonyl (C=O) groups is 4. The fraction of sp³-hybridized carbons (Fsp3) is 0.476. The standard InChI is InChI=1S/C42H52N8O7/c1-24(2)34(47-40(53)55-5)38(51)49-20-7-9-32(49)36-43-22-30(45-36)28-14-10-26(11-15-28)27-12-16-29(17-13-27)31-23-44-37(46-31)33-21-42(18-8-19-42)57-50(33)39(52)35(25(3)4)48-41(54)56-6/h10-17,22-25,32-35H,7-9,18-21H2,1-6H3,(H,43,45)(H,44,46)(H,47,53)(H,48,54). The van der Waals surface area contributed by atoms with Crippen molar-refractivity contribution in [3.05, 3.63) is 72.6 Å². The Labute approximate surface area is 332 Å². The lowest BCUT2D eigenvalue weighted by atomic mass is 9.77. The van der Waals surface area contributed by atoms with Crippen LogP contribution in [-0.2, 0) is 23.9 Å². The monoisotopic (exact) mass is 780 g/mol. The summed E-state index contributed by atoms with van der Waals surface area (Å²) in [6, 6.07) is 14.3. The van der Waals surface area contributed by atoms with Gasteiger partial charge in [-0.15, -0.1) is 0 Å². The minimum Gasteiger partial charge on any atom is -0.453 e. The van der Waals surface area contributed by atoms with Crippen LogP contribution in [0, 0.1) is 11.8 Å². The number of aromatic amines is 2. The topological polar surface area (TPSA) is 184 Å². The van der Waals surface area contributed by atoms with E-state index >= 15 is 0 Å². The Kier molecular flexibility index (Phi) is 11.4. The lowest BCUT2D eigenvalue weighted by molar-refractivity contribution is -0.230. The zero-order valence-electron chi connectivity index (χ0n) is 33.3. The van der Waals surface area contributed by atoms with E-state index in [0.29, 0.717) is 18.8 Å². The number of imidazole rings is 2. The van der Waals surface area contributed by atoms with Crippen molar-refractivity contribution in [2.75, 3.05) is 20.8 Å². The second kappa shape index (κ2) is 16.4. The zero-order valence-corrected chi connectivity index (χ0v) is 33.3. The van der Waals surface area contributed by atoms with Crippen molar-refractivity contribution in [1.82, 2.24) is 40.5 Å². The van der Waals surface area contributed by atoms with Gasteiger partial charge >= 0.3 is 12.2 Å². The first-order chi connectivity index (χ1) is 27.4. The molecule has 57 heavy (non-hydrogen) atoms. The maximum Gasteiger partial charge on any atom is 0.407 e. The van der Waals surface area contributed by atoms with E-state index in [4.69, 9.17) is 19.3 Å². The molecule has 1 spiro atoms. The lowest BCUT2D eigenvalue weighted by Crippen LogP contribution is -2.51. The number of nitrogens with zero attached hydrogens (tertiary/aromatic N) is 4. The first kappa shape index (κ1) is 39.5. The summed E-state index contributed by atoms with van der Waals surface area (Å²) in [7, 11) is 2.56. The van der Waals surface area contributed by atoms with Gasteiger partial charge in [-0.25, -0.2) is 24.6 Å². The van der Waals surface area contributed by atoms with Crippen LogP contribution in [0.3, 0.4) is 0 Å². The van der Waals surface area contributed by atoms with Gasteiger partial charge in [0.2, 0.25) is 5.91 Å². The number of methoxy groups -OCH3 is 2. The summed E-state index contributed by atoms with van der Waals surface area (Å²) in [6.07, 6.45) is 7.29. The van der Waals surface area contributed by atoms with Crippen LogP contribution in [0.4, 0.5) is 9.59 Å². The Hall–Kier alpha value is -5.70. The van der Waals surface area contributed by atoms with E-state index < -0.39 is 35.9 Å². The van der Waals surface area contributed by atoms with Crippen molar-refractivity contribution in [2.24, 2.45) is 11.8 Å². The number of hydrogen-bond donors (Lipinski definition) is 4. The third kappa shape index (κ3) is 8.11. The number of rotatable bonds is 11. The smallest absolute Gasteiger partial charge is 0.407 e. The third-order valence-corrected chi connectivity index (χ3v) is 11.5. The fourth-order valence-electron chi connectivity index (χ4n) is 8.04. The van der Waals surface area contributed by atoms with E-state index in [9.17, 15) is 19.2 Å². The second-order valence-electron chi connectivity index (χ2n) is 15.9. The fourth-order valence-corrected chi connectivity index (χ4v) is 8.04. The van der Waals surface area contributed by atoms with Crippen LogP contribution in [0.1, 0.15) is 90.0 Å². The van der Waals surface area contributed by atoms with E-state index in [1.807, 2.05) is 52.0 Å². The average molecular weight is 781 g/mol. The van der Waals surface area contributed by atoms with Gasteiger partial charge in [-0.3, -0.25) is 14.4 Å². The maximum absolute atomic E-state index is 13.8. The number of nitrogens with one attached hydrogen (secondary N) is 4. The SMILES string of the molecule is COC(=O)NC(C(=O)N1CCCC1c1ncc(-c2ccc(-c3ccc(-c4cnc(C5CC6(CCC6)ON5C(=O)C(NC(=O)OC)C(C)C)[nH]4)cc3)cc2)[nH]1)C(C)C. The molecule has 2 aromatic heterocycles. The summed E-state index contributed by atoms with van der Waals surface area (Å²) in [5, 5.41) is 6.78. The molecule has 15 heteroatoms. The quantitative estimate of drug-likeness (QED) is 0.129. The molecule has 4 unspecified atom stereocenters. The molecule has 4 aromatic rings. The largest absolute Gasteiger partial charge is 0.453 e. The molecule has 302 valence electrons. The molecule has 15 nitrogen and oxygen atoms in total. The number of hydrogen-bond acceptors (Lipinski definition) is 9. The van der Waals surface area contributed by atoms with Crippen LogP contribution in [0.25, 0.3) is 33.6 Å². The normalized spacial score (nSPS) is 19.7.